The molecular weight excluding hydrogens is 254 g/mol. The molecule has 0 saturated heterocycles. The van der Waals surface area contributed by atoms with Crippen LogP contribution < -0.4 is 4.90 Å². The first-order valence-corrected chi connectivity index (χ1v) is 7.51. The van der Waals surface area contributed by atoms with E-state index in [4.69, 9.17) is 0 Å². The molecule has 21 heavy (non-hydrogen) atoms. The molecule has 0 heterocycles. The van der Waals surface area contributed by atoms with Crippen molar-refractivity contribution in [1.82, 2.24) is 0 Å². The molecule has 3 aromatic rings. The van der Waals surface area contributed by atoms with Crippen molar-refractivity contribution in [2.45, 2.75) is 26.2 Å². The first-order valence-electron chi connectivity index (χ1n) is 7.51. The molecule has 0 unspecified atom stereocenters. The number of nitrogens with zero attached hydrogens (tertiary/aromatic N) is 1. The van der Waals surface area contributed by atoms with E-state index in [-0.39, 0.29) is 5.41 Å². The minimum atomic E-state index is 0.144. The minimum Gasteiger partial charge on any atom is -0.377 e. The van der Waals surface area contributed by atoms with E-state index in [0.29, 0.717) is 0 Å². The molecule has 0 aliphatic heterocycles. The Bertz CT molecular complexity index is 807. The van der Waals surface area contributed by atoms with Crippen molar-refractivity contribution in [3.63, 3.8) is 0 Å². The molecule has 0 N–H and O–H groups in total. The number of anilines is 1. The third-order valence-electron chi connectivity index (χ3n) is 4.15. The molecule has 0 atom stereocenters. The van der Waals surface area contributed by atoms with Crippen molar-refractivity contribution in [1.29, 1.82) is 0 Å². The molecule has 0 bridgehead atoms. The van der Waals surface area contributed by atoms with Gasteiger partial charge < -0.3 is 4.90 Å². The SMILES string of the molecule is CN(C)c1ccc(C(C)(C)C)c2cc3ccccc3cc12. The lowest BCUT2D eigenvalue weighted by Gasteiger charge is -2.25. The molecule has 0 radical (unpaired) electrons. The van der Waals surface area contributed by atoms with E-state index in [9.17, 15) is 0 Å². The van der Waals surface area contributed by atoms with E-state index >= 15 is 0 Å². The van der Waals surface area contributed by atoms with Crippen molar-refractivity contribution >= 4 is 27.2 Å². The Morgan fingerprint density at radius 2 is 1.33 bits per heavy atom. The van der Waals surface area contributed by atoms with Gasteiger partial charge in [-0.25, -0.2) is 0 Å². The van der Waals surface area contributed by atoms with Crippen molar-refractivity contribution in [3.05, 3.63) is 54.1 Å². The van der Waals surface area contributed by atoms with Gasteiger partial charge in [-0.1, -0.05) is 51.1 Å². The summed E-state index contributed by atoms with van der Waals surface area (Å²) in [4.78, 5) is 2.20. The standard InChI is InChI=1S/C20H23N/c1-20(2,3)18-10-11-19(21(4)5)17-13-15-9-7-6-8-14(15)12-16(17)18/h6-13H,1-5H3. The molecule has 0 amide bonds. The summed E-state index contributed by atoms with van der Waals surface area (Å²) in [6.07, 6.45) is 0. The van der Waals surface area contributed by atoms with Gasteiger partial charge in [0.15, 0.2) is 0 Å². The lowest BCUT2D eigenvalue weighted by molar-refractivity contribution is 0.596. The summed E-state index contributed by atoms with van der Waals surface area (Å²) in [5.74, 6) is 0. The Kier molecular flexibility index (Phi) is 3.16. The zero-order chi connectivity index (χ0) is 15.2. The van der Waals surface area contributed by atoms with Gasteiger partial charge in [-0.2, -0.15) is 0 Å². The summed E-state index contributed by atoms with van der Waals surface area (Å²) < 4.78 is 0. The van der Waals surface area contributed by atoms with Crippen molar-refractivity contribution in [2.24, 2.45) is 0 Å². The number of hydrogen-bond acceptors (Lipinski definition) is 1. The number of hydrogen-bond donors (Lipinski definition) is 0. The van der Waals surface area contributed by atoms with E-state index in [0.717, 1.165) is 0 Å². The Morgan fingerprint density at radius 1 is 0.762 bits per heavy atom. The highest BCUT2D eigenvalue weighted by Crippen LogP contribution is 2.37. The Morgan fingerprint density at radius 3 is 1.86 bits per heavy atom. The van der Waals surface area contributed by atoms with E-state index < -0.39 is 0 Å². The molecule has 0 spiro atoms. The summed E-state index contributed by atoms with van der Waals surface area (Å²) in [6, 6.07) is 17.8. The van der Waals surface area contributed by atoms with E-state index in [1.165, 1.54) is 32.8 Å². The van der Waals surface area contributed by atoms with Crippen LogP contribution >= 0.6 is 0 Å². The van der Waals surface area contributed by atoms with Crippen molar-refractivity contribution in [3.8, 4) is 0 Å². The van der Waals surface area contributed by atoms with E-state index in [1.54, 1.807) is 0 Å². The van der Waals surface area contributed by atoms with Crippen LogP contribution in [0.15, 0.2) is 48.5 Å². The van der Waals surface area contributed by atoms with Gasteiger partial charge in [-0.15, -0.1) is 0 Å². The molecular formula is C20H23N. The molecule has 1 nitrogen and oxygen atoms in total. The summed E-state index contributed by atoms with van der Waals surface area (Å²) >= 11 is 0. The number of rotatable bonds is 1. The smallest absolute Gasteiger partial charge is 0.0441 e. The monoisotopic (exact) mass is 277 g/mol. The lowest BCUT2D eigenvalue weighted by atomic mass is 9.82. The molecule has 1 heteroatoms. The lowest BCUT2D eigenvalue weighted by Crippen LogP contribution is -2.14. The Balaban J connectivity index is 2.47. The maximum atomic E-state index is 2.35. The second-order valence-electron chi connectivity index (χ2n) is 7.02. The van der Waals surface area contributed by atoms with E-state index in [1.807, 2.05) is 0 Å². The normalized spacial score (nSPS) is 12.0. The van der Waals surface area contributed by atoms with Crippen LogP contribution in [0, 0.1) is 0 Å². The topological polar surface area (TPSA) is 3.24 Å². The second-order valence-corrected chi connectivity index (χ2v) is 7.02. The maximum absolute atomic E-state index is 2.35. The highest BCUT2D eigenvalue weighted by Gasteiger charge is 2.18. The van der Waals surface area contributed by atoms with Crippen molar-refractivity contribution in [2.75, 3.05) is 19.0 Å². The minimum absolute atomic E-state index is 0.144. The zero-order valence-electron chi connectivity index (χ0n) is 13.6. The largest absolute Gasteiger partial charge is 0.377 e. The molecule has 0 aliphatic rings. The molecule has 0 fully saturated rings. The average molecular weight is 277 g/mol. The molecule has 0 saturated carbocycles. The molecule has 3 aromatic carbocycles. The first-order chi connectivity index (χ1) is 9.88. The van der Waals surface area contributed by atoms with Crippen LogP contribution in [-0.2, 0) is 5.41 Å². The fraction of sp³-hybridized carbons (Fsp3) is 0.300. The van der Waals surface area contributed by atoms with Gasteiger partial charge in [0.1, 0.15) is 0 Å². The van der Waals surface area contributed by atoms with Crippen LogP contribution in [-0.4, -0.2) is 14.1 Å². The van der Waals surface area contributed by atoms with Crippen molar-refractivity contribution < 1.29 is 0 Å². The van der Waals surface area contributed by atoms with Gasteiger partial charge >= 0.3 is 0 Å². The highest BCUT2D eigenvalue weighted by atomic mass is 15.1. The predicted molar refractivity (Wildman–Crippen MR) is 94.5 cm³/mol. The van der Waals surface area contributed by atoms with Gasteiger partial charge in [0.2, 0.25) is 0 Å². The van der Waals surface area contributed by atoms with Crippen LogP contribution in [0.2, 0.25) is 0 Å². The quantitative estimate of drug-likeness (QED) is 0.541. The number of fused-ring (bicyclic) bond motifs is 2. The van der Waals surface area contributed by atoms with Crippen LogP contribution in [0.25, 0.3) is 21.5 Å². The van der Waals surface area contributed by atoms with Crippen LogP contribution in [0.1, 0.15) is 26.3 Å². The van der Waals surface area contributed by atoms with Gasteiger partial charge in [-0.3, -0.25) is 0 Å². The first kappa shape index (κ1) is 13.9. The third-order valence-corrected chi connectivity index (χ3v) is 4.15. The summed E-state index contributed by atoms with van der Waals surface area (Å²) in [7, 11) is 4.22. The average Bonchev–Trinajstić information content (AvgIpc) is 2.42. The highest BCUT2D eigenvalue weighted by molar-refractivity contribution is 6.05. The Hall–Kier alpha value is -2.02. The maximum Gasteiger partial charge on any atom is 0.0441 e. The third kappa shape index (κ3) is 2.37. The van der Waals surface area contributed by atoms with Gasteiger partial charge in [0, 0.05) is 25.2 Å². The molecule has 3 rings (SSSR count). The molecule has 0 aromatic heterocycles. The fourth-order valence-corrected chi connectivity index (χ4v) is 3.06. The summed E-state index contributed by atoms with van der Waals surface area (Å²) in [6.45, 7) is 6.85. The van der Waals surface area contributed by atoms with Gasteiger partial charge in [-0.05, 0) is 45.3 Å². The summed E-state index contributed by atoms with van der Waals surface area (Å²) in [5.41, 5.74) is 2.84. The molecule has 0 aliphatic carbocycles. The number of benzene rings is 3. The van der Waals surface area contributed by atoms with Gasteiger partial charge in [0.05, 0.1) is 0 Å². The van der Waals surface area contributed by atoms with Crippen LogP contribution in [0.4, 0.5) is 5.69 Å². The van der Waals surface area contributed by atoms with Gasteiger partial charge in [0.25, 0.3) is 0 Å². The fourth-order valence-electron chi connectivity index (χ4n) is 3.06. The summed E-state index contributed by atoms with van der Waals surface area (Å²) in [5, 5.41) is 5.32. The van der Waals surface area contributed by atoms with E-state index in [2.05, 4.69) is 88.3 Å². The predicted octanol–water partition coefficient (Wildman–Crippen LogP) is 5.36. The molecule has 108 valence electrons. The zero-order valence-corrected chi connectivity index (χ0v) is 13.6. The van der Waals surface area contributed by atoms with Crippen LogP contribution in [0.5, 0.6) is 0 Å². The van der Waals surface area contributed by atoms with Crippen LogP contribution in [0.3, 0.4) is 0 Å². The Labute approximate surface area is 127 Å². The second kappa shape index (κ2) is 4.77.